The molecule has 6 heteroatoms. The van der Waals surface area contributed by atoms with Gasteiger partial charge in [0.2, 0.25) is 5.91 Å². The molecular formula is C16H20ClN3O2. The number of nitrogens with one attached hydrogen (secondary N) is 1. The quantitative estimate of drug-likeness (QED) is 0.919. The van der Waals surface area contributed by atoms with Gasteiger partial charge in [0, 0.05) is 24.5 Å². The Morgan fingerprint density at radius 2 is 2.23 bits per heavy atom. The molecule has 3 heterocycles. The first-order chi connectivity index (χ1) is 10.3. The van der Waals surface area contributed by atoms with Crippen LogP contribution in [0.25, 0.3) is 11.0 Å². The fraction of sp³-hybridized carbons (Fsp3) is 0.500. The van der Waals surface area contributed by atoms with E-state index in [0.717, 1.165) is 42.7 Å². The van der Waals surface area contributed by atoms with Crippen LogP contribution in [-0.2, 0) is 11.2 Å². The molecule has 2 aliphatic heterocycles. The molecule has 22 heavy (non-hydrogen) atoms. The van der Waals surface area contributed by atoms with Gasteiger partial charge in [0.05, 0.1) is 6.42 Å². The van der Waals surface area contributed by atoms with Crippen molar-refractivity contribution in [2.75, 3.05) is 19.6 Å². The van der Waals surface area contributed by atoms with E-state index in [9.17, 15) is 4.79 Å². The second-order valence-electron chi connectivity index (χ2n) is 6.04. The summed E-state index contributed by atoms with van der Waals surface area (Å²) in [5.74, 6) is 0.788. The van der Waals surface area contributed by atoms with Crippen LogP contribution >= 0.6 is 12.4 Å². The lowest BCUT2D eigenvalue weighted by molar-refractivity contribution is -0.132. The maximum Gasteiger partial charge on any atom is 0.228 e. The van der Waals surface area contributed by atoms with E-state index in [0.29, 0.717) is 18.4 Å². The molecule has 0 bridgehead atoms. The molecule has 2 unspecified atom stereocenters. The summed E-state index contributed by atoms with van der Waals surface area (Å²) in [7, 11) is 0. The van der Waals surface area contributed by atoms with E-state index in [-0.39, 0.29) is 18.3 Å². The van der Waals surface area contributed by atoms with Crippen LogP contribution in [0, 0.1) is 5.92 Å². The number of carbonyl (C=O) groups excluding carboxylic acids is 1. The first kappa shape index (κ1) is 15.3. The summed E-state index contributed by atoms with van der Waals surface area (Å²) in [5.41, 5.74) is 1.50. The normalized spacial score (nSPS) is 24.1. The number of para-hydroxylation sites is 1. The zero-order chi connectivity index (χ0) is 14.2. The summed E-state index contributed by atoms with van der Waals surface area (Å²) in [6.45, 7) is 2.82. The molecular weight excluding hydrogens is 302 g/mol. The lowest BCUT2D eigenvalue weighted by Gasteiger charge is -2.34. The minimum absolute atomic E-state index is 0. The second-order valence-corrected chi connectivity index (χ2v) is 6.04. The van der Waals surface area contributed by atoms with Gasteiger partial charge in [-0.05, 0) is 37.4 Å². The molecule has 4 rings (SSSR count). The average Bonchev–Trinajstić information content (AvgIpc) is 3.13. The molecule has 0 spiro atoms. The van der Waals surface area contributed by atoms with Crippen molar-refractivity contribution in [2.45, 2.75) is 25.3 Å². The van der Waals surface area contributed by atoms with Crippen LogP contribution < -0.4 is 5.32 Å². The maximum atomic E-state index is 12.5. The fourth-order valence-corrected chi connectivity index (χ4v) is 3.59. The van der Waals surface area contributed by atoms with Gasteiger partial charge in [-0.1, -0.05) is 17.3 Å². The van der Waals surface area contributed by atoms with Gasteiger partial charge in [0.15, 0.2) is 5.58 Å². The third-order valence-electron chi connectivity index (χ3n) is 4.78. The fourth-order valence-electron chi connectivity index (χ4n) is 3.59. The van der Waals surface area contributed by atoms with E-state index in [1.165, 1.54) is 6.42 Å². The Kier molecular flexibility index (Phi) is 4.36. The molecule has 5 nitrogen and oxygen atoms in total. The van der Waals surface area contributed by atoms with Gasteiger partial charge in [-0.2, -0.15) is 0 Å². The minimum Gasteiger partial charge on any atom is -0.356 e. The van der Waals surface area contributed by atoms with Gasteiger partial charge < -0.3 is 14.7 Å². The molecule has 2 atom stereocenters. The Labute approximate surface area is 135 Å². The highest BCUT2D eigenvalue weighted by molar-refractivity contribution is 5.86. The first-order valence-corrected chi connectivity index (χ1v) is 7.66. The van der Waals surface area contributed by atoms with Crippen LogP contribution in [0.5, 0.6) is 0 Å². The number of piperidine rings is 1. The number of amides is 1. The van der Waals surface area contributed by atoms with E-state index < -0.39 is 0 Å². The summed E-state index contributed by atoms with van der Waals surface area (Å²) in [6.07, 6.45) is 2.58. The Hall–Kier alpha value is -1.59. The van der Waals surface area contributed by atoms with E-state index in [1.807, 2.05) is 29.2 Å². The van der Waals surface area contributed by atoms with Crippen LogP contribution in [0.3, 0.4) is 0 Å². The molecule has 2 fully saturated rings. The summed E-state index contributed by atoms with van der Waals surface area (Å²) < 4.78 is 5.28. The average molecular weight is 322 g/mol. The number of nitrogens with zero attached hydrogens (tertiary/aromatic N) is 2. The monoisotopic (exact) mass is 321 g/mol. The van der Waals surface area contributed by atoms with Crippen molar-refractivity contribution in [3.05, 3.63) is 30.0 Å². The van der Waals surface area contributed by atoms with Crippen molar-refractivity contribution in [1.29, 1.82) is 0 Å². The van der Waals surface area contributed by atoms with Gasteiger partial charge in [-0.3, -0.25) is 4.79 Å². The van der Waals surface area contributed by atoms with Crippen molar-refractivity contribution >= 4 is 29.3 Å². The predicted molar refractivity (Wildman–Crippen MR) is 86.1 cm³/mol. The van der Waals surface area contributed by atoms with E-state index in [1.54, 1.807) is 0 Å². The standard InChI is InChI=1S/C16H19N3O2.ClH/c20-16(19-8-6-13-11(10-19)5-7-17-13)9-14-12-3-1-2-4-15(12)21-18-14;/h1-4,11,13,17H,5-10H2;1H. The lowest BCUT2D eigenvalue weighted by Crippen LogP contribution is -2.47. The van der Waals surface area contributed by atoms with Crippen molar-refractivity contribution in [3.63, 3.8) is 0 Å². The molecule has 0 radical (unpaired) electrons. The zero-order valence-electron chi connectivity index (χ0n) is 12.3. The number of halogens is 1. The Morgan fingerprint density at radius 3 is 3.14 bits per heavy atom. The number of fused-ring (bicyclic) bond motifs is 2. The van der Waals surface area contributed by atoms with Gasteiger partial charge >= 0.3 is 0 Å². The zero-order valence-corrected chi connectivity index (χ0v) is 13.1. The number of likely N-dealkylation sites (tertiary alicyclic amines) is 1. The number of aromatic nitrogens is 1. The van der Waals surface area contributed by atoms with Crippen molar-refractivity contribution in [1.82, 2.24) is 15.4 Å². The maximum absolute atomic E-state index is 12.5. The first-order valence-electron chi connectivity index (χ1n) is 7.66. The molecule has 2 saturated heterocycles. The van der Waals surface area contributed by atoms with Crippen LogP contribution in [0.4, 0.5) is 0 Å². The molecule has 0 saturated carbocycles. The highest BCUT2D eigenvalue weighted by atomic mass is 35.5. The number of benzene rings is 1. The molecule has 1 aromatic heterocycles. The largest absolute Gasteiger partial charge is 0.356 e. The summed E-state index contributed by atoms with van der Waals surface area (Å²) >= 11 is 0. The molecule has 1 amide bonds. The summed E-state index contributed by atoms with van der Waals surface area (Å²) in [5, 5.41) is 8.53. The van der Waals surface area contributed by atoms with Crippen LogP contribution in [0.15, 0.2) is 28.8 Å². The number of carbonyl (C=O) groups is 1. The van der Waals surface area contributed by atoms with Gasteiger partial charge in [-0.25, -0.2) is 0 Å². The van der Waals surface area contributed by atoms with Crippen molar-refractivity contribution < 1.29 is 9.32 Å². The molecule has 0 aliphatic carbocycles. The van der Waals surface area contributed by atoms with E-state index >= 15 is 0 Å². The Bertz CT molecular complexity index is 672. The van der Waals surface area contributed by atoms with Crippen LogP contribution in [-0.4, -0.2) is 41.6 Å². The van der Waals surface area contributed by atoms with Gasteiger partial charge in [0.25, 0.3) is 0 Å². The molecule has 1 N–H and O–H groups in total. The molecule has 118 valence electrons. The van der Waals surface area contributed by atoms with E-state index in [4.69, 9.17) is 4.52 Å². The van der Waals surface area contributed by atoms with Gasteiger partial charge in [-0.15, -0.1) is 12.4 Å². The number of hydrogen-bond acceptors (Lipinski definition) is 4. The summed E-state index contributed by atoms with van der Waals surface area (Å²) in [4.78, 5) is 14.5. The highest BCUT2D eigenvalue weighted by Gasteiger charge is 2.34. The predicted octanol–water partition coefficient (Wildman–Crippen LogP) is 2.00. The molecule has 2 aromatic rings. The van der Waals surface area contributed by atoms with Crippen molar-refractivity contribution in [2.24, 2.45) is 5.92 Å². The van der Waals surface area contributed by atoms with Crippen LogP contribution in [0.1, 0.15) is 18.5 Å². The third kappa shape index (κ3) is 2.71. The lowest BCUT2D eigenvalue weighted by atomic mass is 9.93. The highest BCUT2D eigenvalue weighted by Crippen LogP contribution is 2.25. The smallest absolute Gasteiger partial charge is 0.228 e. The van der Waals surface area contributed by atoms with Crippen molar-refractivity contribution in [3.8, 4) is 0 Å². The number of hydrogen-bond donors (Lipinski definition) is 1. The topological polar surface area (TPSA) is 58.4 Å². The Balaban J connectivity index is 0.00000144. The SMILES string of the molecule is Cl.O=C(Cc1noc2ccccc12)N1CCC2NCCC2C1. The minimum atomic E-state index is 0. The summed E-state index contributed by atoms with van der Waals surface area (Å²) in [6, 6.07) is 8.32. The Morgan fingerprint density at radius 1 is 1.36 bits per heavy atom. The van der Waals surface area contributed by atoms with Crippen LogP contribution in [0.2, 0.25) is 0 Å². The molecule has 2 aliphatic rings. The molecule has 1 aromatic carbocycles. The van der Waals surface area contributed by atoms with Gasteiger partial charge in [0.1, 0.15) is 5.69 Å². The second kappa shape index (κ2) is 6.26. The third-order valence-corrected chi connectivity index (χ3v) is 4.78. The van der Waals surface area contributed by atoms with E-state index in [2.05, 4.69) is 10.5 Å². The number of rotatable bonds is 2.